The van der Waals surface area contributed by atoms with E-state index in [1.165, 1.54) is 6.92 Å². The molecule has 13 N–H and O–H groups in total. The van der Waals surface area contributed by atoms with E-state index in [1.54, 1.807) is 13.8 Å². The molecule has 23 heteroatoms. The van der Waals surface area contributed by atoms with Crippen molar-refractivity contribution in [2.75, 3.05) is 19.8 Å². The monoisotopic (exact) mass is 870 g/mol. The molecule has 1 saturated heterocycles. The molecule has 2 aliphatic rings. The third-order valence-electron chi connectivity index (χ3n) is 10.4. The topological polar surface area (TPSA) is 373 Å². The number of carboxylic acids is 2. The number of nitrogens with one attached hydrogen (secondary N) is 6. The Morgan fingerprint density at radius 3 is 1.85 bits per heavy atom. The molecule has 2 fully saturated rings. The van der Waals surface area contributed by atoms with Crippen LogP contribution in [0.1, 0.15) is 97.8 Å². The summed E-state index contributed by atoms with van der Waals surface area (Å²) < 4.78 is 0. The highest BCUT2D eigenvalue weighted by Crippen LogP contribution is 2.27. The first-order chi connectivity index (χ1) is 28.7. The second-order valence-electron chi connectivity index (χ2n) is 15.9. The molecule has 2 rings (SSSR count). The molecule has 8 amide bonds. The smallest absolute Gasteiger partial charge is 0.326 e. The fourth-order valence-corrected chi connectivity index (χ4v) is 7.07. The molecular formula is C38H62N8O15. The molecule has 0 aromatic heterocycles. The molecular weight excluding hydrogens is 808 g/mol. The van der Waals surface area contributed by atoms with E-state index < -0.39 is 152 Å². The van der Waals surface area contributed by atoms with Gasteiger partial charge in [-0.3, -0.25) is 48.1 Å². The highest BCUT2D eigenvalue weighted by molar-refractivity contribution is 6.03. The van der Waals surface area contributed by atoms with Crippen LogP contribution in [0.25, 0.3) is 0 Å². The normalized spacial score (nSPS) is 19.5. The van der Waals surface area contributed by atoms with Gasteiger partial charge in [0.1, 0.15) is 36.3 Å². The van der Waals surface area contributed by atoms with Gasteiger partial charge in [-0.25, -0.2) is 4.79 Å². The van der Waals surface area contributed by atoms with Gasteiger partial charge in [-0.1, -0.05) is 33.1 Å². The van der Waals surface area contributed by atoms with Crippen molar-refractivity contribution in [1.82, 2.24) is 36.8 Å². The fraction of sp³-hybridized carbons (Fsp3) is 0.737. The minimum Gasteiger partial charge on any atom is -0.481 e. The van der Waals surface area contributed by atoms with Gasteiger partial charge in [-0.15, -0.1) is 0 Å². The van der Waals surface area contributed by atoms with Crippen LogP contribution in [0.15, 0.2) is 0 Å². The van der Waals surface area contributed by atoms with Crippen LogP contribution in [0.3, 0.4) is 0 Å². The molecule has 0 unspecified atom stereocenters. The summed E-state index contributed by atoms with van der Waals surface area (Å²) >= 11 is 0. The summed E-state index contributed by atoms with van der Waals surface area (Å²) in [6.07, 6.45) is -0.0251. The molecule has 1 aliphatic carbocycles. The highest BCUT2D eigenvalue weighted by atomic mass is 16.4. The van der Waals surface area contributed by atoms with Gasteiger partial charge >= 0.3 is 11.9 Å². The summed E-state index contributed by atoms with van der Waals surface area (Å²) in [5.74, 6) is -11.5. The lowest BCUT2D eigenvalue weighted by Crippen LogP contribution is -2.62. The fourth-order valence-electron chi connectivity index (χ4n) is 7.07. The van der Waals surface area contributed by atoms with Gasteiger partial charge < -0.3 is 63.2 Å². The van der Waals surface area contributed by atoms with Gasteiger partial charge in [-0.05, 0) is 57.3 Å². The number of carboxylic acid groups (broad SMARTS) is 2. The lowest BCUT2D eigenvalue weighted by molar-refractivity contribution is -0.160. The third-order valence-corrected chi connectivity index (χ3v) is 10.4. The second-order valence-corrected chi connectivity index (χ2v) is 15.9. The quantitative estimate of drug-likeness (QED) is 0.0417. The van der Waals surface area contributed by atoms with Gasteiger partial charge in [0.25, 0.3) is 5.91 Å². The molecule has 0 aromatic rings. The number of nitrogens with zero attached hydrogens (tertiary/aromatic N) is 1. The first kappa shape index (κ1) is 51.9. The average Bonchev–Trinajstić information content (AvgIpc) is 3.64. The summed E-state index contributed by atoms with van der Waals surface area (Å²) in [5.41, 5.74) is 5.33. The van der Waals surface area contributed by atoms with Crippen molar-refractivity contribution < 1.29 is 73.5 Å². The van der Waals surface area contributed by atoms with Gasteiger partial charge in [0.05, 0.1) is 25.4 Å². The first-order valence-corrected chi connectivity index (χ1v) is 20.4. The molecule has 1 saturated carbocycles. The van der Waals surface area contributed by atoms with Crippen molar-refractivity contribution in [2.24, 2.45) is 17.6 Å². The summed E-state index contributed by atoms with van der Waals surface area (Å²) in [6.45, 7) is 2.69. The zero-order valence-corrected chi connectivity index (χ0v) is 34.7. The number of imide groups is 1. The Labute approximate surface area is 352 Å². The van der Waals surface area contributed by atoms with Crippen molar-refractivity contribution >= 4 is 59.2 Å². The van der Waals surface area contributed by atoms with Gasteiger partial charge in [0.15, 0.2) is 0 Å². The van der Waals surface area contributed by atoms with Crippen molar-refractivity contribution in [2.45, 2.75) is 146 Å². The van der Waals surface area contributed by atoms with Crippen LogP contribution in [0.5, 0.6) is 0 Å². The molecule has 1 heterocycles. The van der Waals surface area contributed by atoms with Crippen LogP contribution in [-0.4, -0.2) is 158 Å². The zero-order valence-electron chi connectivity index (χ0n) is 34.7. The summed E-state index contributed by atoms with van der Waals surface area (Å²) in [5, 5.41) is 63.8. The number of carbonyl (C=O) groups excluding carboxylic acids is 8. The number of aliphatic hydroxyl groups excluding tert-OH is 3. The van der Waals surface area contributed by atoms with E-state index in [1.807, 2.05) is 0 Å². The van der Waals surface area contributed by atoms with Crippen LogP contribution >= 0.6 is 0 Å². The predicted molar refractivity (Wildman–Crippen MR) is 211 cm³/mol. The molecule has 0 aromatic carbocycles. The number of rotatable bonds is 25. The van der Waals surface area contributed by atoms with E-state index >= 15 is 0 Å². The van der Waals surface area contributed by atoms with Crippen LogP contribution < -0.4 is 37.6 Å². The largest absolute Gasteiger partial charge is 0.481 e. The molecule has 23 nitrogen and oxygen atoms in total. The molecule has 344 valence electrons. The number of nitrogens with two attached hydrogens (primary N) is 1. The lowest BCUT2D eigenvalue weighted by Gasteiger charge is -2.33. The number of primary amides is 1. The zero-order chi connectivity index (χ0) is 46.0. The van der Waals surface area contributed by atoms with Crippen molar-refractivity contribution in [3.8, 4) is 0 Å². The van der Waals surface area contributed by atoms with Gasteiger partial charge in [0, 0.05) is 25.8 Å². The Bertz CT molecular complexity index is 1590. The SMILES string of the molecule is CC(C)C[C@@H](C(=O)O)N(C(=O)CCCC(=O)O)C(=O)[C@H](CO)NC(=O)[C@H](CCC(N)=O)NC(=O)[C@H](NC(=O)[C@H](CO)NC(=O)[C@H](C)NC(=O)[C@@H]1C[C@@H](O)CN1)C1CCCCC1. The van der Waals surface area contributed by atoms with E-state index in [9.17, 15) is 68.4 Å². The maximum absolute atomic E-state index is 14.0. The van der Waals surface area contributed by atoms with E-state index in [0.29, 0.717) is 30.6 Å². The number of hydrogen-bond acceptors (Lipinski definition) is 14. The molecule has 1 aliphatic heterocycles. The van der Waals surface area contributed by atoms with Crippen molar-refractivity contribution in [3.63, 3.8) is 0 Å². The summed E-state index contributed by atoms with van der Waals surface area (Å²) in [7, 11) is 0. The minimum absolute atomic E-state index is 0.125. The Morgan fingerprint density at radius 1 is 0.738 bits per heavy atom. The Morgan fingerprint density at radius 2 is 1.33 bits per heavy atom. The van der Waals surface area contributed by atoms with E-state index in [0.717, 1.165) is 6.42 Å². The molecule has 61 heavy (non-hydrogen) atoms. The molecule has 8 atom stereocenters. The van der Waals surface area contributed by atoms with Crippen LogP contribution in [0.2, 0.25) is 0 Å². The number of β-amino-alcohol motifs (C(OH)–C–C–N with tert-alkyl or cyclic N) is 1. The Balaban J connectivity index is 2.33. The molecule has 0 radical (unpaired) electrons. The van der Waals surface area contributed by atoms with Gasteiger partial charge in [0.2, 0.25) is 41.4 Å². The van der Waals surface area contributed by atoms with Crippen molar-refractivity contribution in [3.05, 3.63) is 0 Å². The number of aliphatic hydroxyl groups is 3. The second kappa shape index (κ2) is 25.5. The number of hydrogen-bond donors (Lipinski definition) is 12. The maximum atomic E-state index is 14.0. The van der Waals surface area contributed by atoms with Crippen LogP contribution in [0, 0.1) is 11.8 Å². The Kier molecular flexibility index (Phi) is 21.7. The number of carbonyl (C=O) groups is 10. The van der Waals surface area contributed by atoms with E-state index in [-0.39, 0.29) is 31.7 Å². The first-order valence-electron chi connectivity index (χ1n) is 20.4. The average molecular weight is 871 g/mol. The number of amides is 8. The summed E-state index contributed by atoms with van der Waals surface area (Å²) in [4.78, 5) is 130. The standard InChI is InChI=1S/C38H62N8O15/c1-19(2)14-27(38(60)61)46(29(51)10-7-11-30(52)53)37(59)26(18-48)44-33(55)23(12-13-28(39)50)42-36(58)31(21-8-5-4-6-9-21)45-35(57)25(17-47)43-32(54)20(3)41-34(56)24-15-22(49)16-40-24/h19-27,31,40,47-49H,4-18H2,1-3H3,(H2,39,50)(H,41,56)(H,42,58)(H,43,54)(H,44,55)(H,45,57)(H,52,53)(H,60,61)/t20-,22+,23-,24-,25-,26-,27-,31+/m0/s1. The van der Waals surface area contributed by atoms with Gasteiger partial charge in [-0.2, -0.15) is 0 Å². The van der Waals surface area contributed by atoms with E-state index in [4.69, 9.17) is 10.8 Å². The van der Waals surface area contributed by atoms with Crippen molar-refractivity contribution in [1.29, 1.82) is 0 Å². The molecule has 0 bridgehead atoms. The minimum atomic E-state index is -1.96. The Hall–Kier alpha value is -5.26. The molecule has 0 spiro atoms. The summed E-state index contributed by atoms with van der Waals surface area (Å²) in [6, 6.07) is -10.3. The maximum Gasteiger partial charge on any atom is 0.326 e. The van der Waals surface area contributed by atoms with Crippen LogP contribution in [-0.2, 0) is 47.9 Å². The number of aliphatic carboxylic acids is 2. The predicted octanol–water partition coefficient (Wildman–Crippen LogP) is -3.91. The van der Waals surface area contributed by atoms with Crippen LogP contribution in [0.4, 0.5) is 0 Å². The third kappa shape index (κ3) is 17.0. The van der Waals surface area contributed by atoms with E-state index in [2.05, 4.69) is 31.9 Å². The highest BCUT2D eigenvalue weighted by Gasteiger charge is 2.41. The lowest BCUT2D eigenvalue weighted by atomic mass is 9.83.